The van der Waals surface area contributed by atoms with Crippen LogP contribution in [0.1, 0.15) is 55.3 Å². The number of halogens is 5. The van der Waals surface area contributed by atoms with Crippen LogP contribution in [0.5, 0.6) is 5.75 Å². The van der Waals surface area contributed by atoms with Gasteiger partial charge in [0.2, 0.25) is 5.76 Å². The smallest absolute Gasteiger partial charge is 0.436 e. The Bertz CT molecular complexity index is 1100. The van der Waals surface area contributed by atoms with Gasteiger partial charge in [-0.05, 0) is 50.2 Å². The third kappa shape index (κ3) is 4.84. The molecule has 2 bridgehead atoms. The quantitative estimate of drug-likeness (QED) is 0.566. The van der Waals surface area contributed by atoms with E-state index in [1.807, 2.05) is 6.92 Å². The van der Waals surface area contributed by atoms with E-state index in [-0.39, 0.29) is 29.2 Å². The molecule has 1 aromatic carbocycles. The lowest BCUT2D eigenvalue weighted by molar-refractivity contribution is -0.142. The molecule has 1 aromatic heterocycles. The minimum atomic E-state index is -4.70. The second kappa shape index (κ2) is 8.75. The SMILES string of the molecule is C[C@H]1CC2(NC(=O)c3cc(C(F)(F)F)no3)CCC1(NC(=O)COc1ccc(Cl)c(F)c1)CC2. The van der Waals surface area contributed by atoms with Gasteiger partial charge in [0.15, 0.2) is 12.3 Å². The first-order valence-corrected chi connectivity index (χ1v) is 11.0. The number of amides is 2. The van der Waals surface area contributed by atoms with Gasteiger partial charge in [-0.2, -0.15) is 13.2 Å². The van der Waals surface area contributed by atoms with Crippen LogP contribution in [0.25, 0.3) is 0 Å². The van der Waals surface area contributed by atoms with Gasteiger partial charge in [0.25, 0.3) is 11.8 Å². The van der Waals surface area contributed by atoms with Crippen LogP contribution < -0.4 is 15.4 Å². The molecule has 184 valence electrons. The van der Waals surface area contributed by atoms with Crippen molar-refractivity contribution in [1.29, 1.82) is 0 Å². The van der Waals surface area contributed by atoms with Crippen molar-refractivity contribution in [2.75, 3.05) is 6.61 Å². The summed E-state index contributed by atoms with van der Waals surface area (Å²) in [6.07, 6.45) is -1.96. The number of hydrogen-bond donors (Lipinski definition) is 2. The predicted octanol–water partition coefficient (Wildman–Crippen LogP) is 4.50. The second-order valence-corrected chi connectivity index (χ2v) is 9.39. The average Bonchev–Trinajstić information content (AvgIpc) is 3.27. The number of hydrogen-bond acceptors (Lipinski definition) is 5. The Labute approximate surface area is 197 Å². The maximum absolute atomic E-state index is 13.5. The number of fused-ring (bicyclic) bond motifs is 3. The number of rotatable bonds is 6. The van der Waals surface area contributed by atoms with E-state index in [2.05, 4.69) is 20.3 Å². The van der Waals surface area contributed by atoms with Crippen molar-refractivity contribution in [2.24, 2.45) is 5.92 Å². The fourth-order valence-electron chi connectivity index (χ4n) is 4.92. The Morgan fingerprint density at radius 2 is 1.91 bits per heavy atom. The summed E-state index contributed by atoms with van der Waals surface area (Å²) in [6.45, 7) is 1.65. The molecule has 3 aliphatic carbocycles. The number of nitrogens with one attached hydrogen (secondary N) is 2. The number of carbonyl (C=O) groups excluding carboxylic acids is 2. The molecule has 34 heavy (non-hydrogen) atoms. The van der Waals surface area contributed by atoms with Crippen molar-refractivity contribution >= 4 is 23.4 Å². The largest absolute Gasteiger partial charge is 0.484 e. The number of alkyl halides is 3. The van der Waals surface area contributed by atoms with E-state index in [0.29, 0.717) is 38.2 Å². The highest BCUT2D eigenvalue weighted by Gasteiger charge is 2.54. The molecule has 0 radical (unpaired) electrons. The van der Waals surface area contributed by atoms with Gasteiger partial charge < -0.3 is 19.9 Å². The van der Waals surface area contributed by atoms with Crippen LogP contribution in [0, 0.1) is 11.7 Å². The zero-order valence-electron chi connectivity index (χ0n) is 18.1. The molecule has 0 unspecified atom stereocenters. The molecule has 2 N–H and O–H groups in total. The van der Waals surface area contributed by atoms with Crippen molar-refractivity contribution in [3.8, 4) is 5.75 Å². The fraction of sp³-hybridized carbons (Fsp3) is 0.500. The Morgan fingerprint density at radius 3 is 2.50 bits per heavy atom. The van der Waals surface area contributed by atoms with Gasteiger partial charge in [-0.15, -0.1) is 0 Å². The molecule has 2 amide bonds. The van der Waals surface area contributed by atoms with E-state index >= 15 is 0 Å². The molecule has 0 saturated heterocycles. The van der Waals surface area contributed by atoms with Gasteiger partial charge in [0.05, 0.1) is 5.02 Å². The zero-order valence-corrected chi connectivity index (χ0v) is 18.9. The molecule has 1 atom stereocenters. The molecule has 5 rings (SSSR count). The van der Waals surface area contributed by atoms with E-state index in [9.17, 15) is 27.2 Å². The summed E-state index contributed by atoms with van der Waals surface area (Å²) in [5.41, 5.74) is -2.36. The lowest BCUT2D eigenvalue weighted by atomic mass is 9.56. The highest BCUT2D eigenvalue weighted by atomic mass is 35.5. The summed E-state index contributed by atoms with van der Waals surface area (Å²) in [6, 6.07) is 4.48. The van der Waals surface area contributed by atoms with Gasteiger partial charge in [-0.1, -0.05) is 23.7 Å². The minimum absolute atomic E-state index is 0.0207. The Morgan fingerprint density at radius 1 is 1.21 bits per heavy atom. The molecule has 3 saturated carbocycles. The van der Waals surface area contributed by atoms with Gasteiger partial charge in [0.1, 0.15) is 11.6 Å². The monoisotopic (exact) mass is 503 g/mol. The van der Waals surface area contributed by atoms with Crippen molar-refractivity contribution in [1.82, 2.24) is 15.8 Å². The van der Waals surface area contributed by atoms with Gasteiger partial charge in [0, 0.05) is 23.2 Å². The number of nitrogens with zero attached hydrogens (tertiary/aromatic N) is 1. The van der Waals surface area contributed by atoms with Crippen LogP contribution in [-0.2, 0) is 11.0 Å². The summed E-state index contributed by atoms with van der Waals surface area (Å²) in [4.78, 5) is 25.1. The van der Waals surface area contributed by atoms with E-state index < -0.39 is 40.4 Å². The summed E-state index contributed by atoms with van der Waals surface area (Å²) in [5, 5.41) is 8.74. The molecule has 0 aliphatic heterocycles. The predicted molar refractivity (Wildman–Crippen MR) is 112 cm³/mol. The van der Waals surface area contributed by atoms with Crippen LogP contribution >= 0.6 is 11.6 Å². The summed E-state index contributed by atoms with van der Waals surface area (Å²) in [7, 11) is 0. The Kier molecular flexibility index (Phi) is 6.26. The normalized spacial score (nSPS) is 26.2. The van der Waals surface area contributed by atoms with Crippen LogP contribution in [0.4, 0.5) is 17.6 Å². The summed E-state index contributed by atoms with van der Waals surface area (Å²) in [5.74, 6) is -2.10. The number of aromatic nitrogens is 1. The fourth-order valence-corrected chi connectivity index (χ4v) is 5.04. The lowest BCUT2D eigenvalue weighted by Gasteiger charge is -2.57. The van der Waals surface area contributed by atoms with Crippen LogP contribution in [0.2, 0.25) is 5.02 Å². The van der Waals surface area contributed by atoms with E-state index in [1.54, 1.807) is 0 Å². The van der Waals surface area contributed by atoms with E-state index in [0.717, 1.165) is 6.07 Å². The molecule has 7 nitrogen and oxygen atoms in total. The molecule has 3 aliphatic rings. The minimum Gasteiger partial charge on any atom is -0.484 e. The third-order valence-corrected chi connectivity index (χ3v) is 7.10. The van der Waals surface area contributed by atoms with Crippen LogP contribution in [0.3, 0.4) is 0 Å². The highest BCUT2D eigenvalue weighted by molar-refractivity contribution is 6.30. The lowest BCUT2D eigenvalue weighted by Crippen LogP contribution is -2.67. The van der Waals surface area contributed by atoms with Crippen molar-refractivity contribution in [3.63, 3.8) is 0 Å². The molecule has 1 heterocycles. The standard InChI is InChI=1S/C22H22ClF4N3O4/c1-12-10-20(29-19(32)16-9-17(30-34-16)22(25,26)27)4-6-21(12,7-5-20)28-18(31)11-33-13-2-3-14(23)15(24)8-13/h2-3,8-9,12H,4-7,10-11H2,1H3,(H,28,31)(H,29,32)/t12-,20?,21?/m0/s1. The maximum atomic E-state index is 13.5. The highest BCUT2D eigenvalue weighted by Crippen LogP contribution is 2.50. The topological polar surface area (TPSA) is 93.5 Å². The third-order valence-electron chi connectivity index (χ3n) is 6.79. The molecule has 12 heteroatoms. The zero-order chi connectivity index (χ0) is 24.7. The van der Waals surface area contributed by atoms with Crippen LogP contribution in [0.15, 0.2) is 28.8 Å². The molecular formula is C22H22ClF4N3O4. The summed E-state index contributed by atoms with van der Waals surface area (Å²) < 4.78 is 61.7. The molecule has 3 fully saturated rings. The average molecular weight is 504 g/mol. The van der Waals surface area contributed by atoms with Gasteiger partial charge >= 0.3 is 6.18 Å². The molecule has 2 aromatic rings. The first-order valence-electron chi connectivity index (χ1n) is 10.7. The second-order valence-electron chi connectivity index (χ2n) is 8.98. The number of carbonyl (C=O) groups is 2. The van der Waals surface area contributed by atoms with Crippen molar-refractivity contribution in [3.05, 3.63) is 46.6 Å². The van der Waals surface area contributed by atoms with Crippen LogP contribution in [-0.4, -0.2) is 34.7 Å². The van der Waals surface area contributed by atoms with Gasteiger partial charge in [-0.25, -0.2) is 4.39 Å². The van der Waals surface area contributed by atoms with Gasteiger partial charge in [-0.3, -0.25) is 9.59 Å². The Balaban J connectivity index is 1.34. The first kappa shape index (κ1) is 24.3. The number of benzene rings is 1. The van der Waals surface area contributed by atoms with Crippen molar-refractivity contribution in [2.45, 2.75) is 56.3 Å². The molecule has 0 spiro atoms. The first-order chi connectivity index (χ1) is 15.9. The maximum Gasteiger partial charge on any atom is 0.436 e. The van der Waals surface area contributed by atoms with E-state index in [4.69, 9.17) is 16.3 Å². The number of ether oxygens (including phenoxy) is 1. The van der Waals surface area contributed by atoms with Crippen molar-refractivity contribution < 1.29 is 36.4 Å². The Hall–Kier alpha value is -2.82. The molecular weight excluding hydrogens is 482 g/mol. The summed E-state index contributed by atoms with van der Waals surface area (Å²) >= 11 is 5.64. The van der Waals surface area contributed by atoms with E-state index in [1.165, 1.54) is 12.1 Å².